The van der Waals surface area contributed by atoms with Crippen molar-refractivity contribution in [1.82, 2.24) is 9.38 Å². The van der Waals surface area contributed by atoms with Gasteiger partial charge in [0, 0.05) is 37.2 Å². The number of hydrogen-bond donors (Lipinski definition) is 0. The predicted molar refractivity (Wildman–Crippen MR) is 199 cm³/mol. The molecule has 0 fully saturated rings. The lowest BCUT2D eigenvalue weighted by Crippen LogP contribution is -1.93. The van der Waals surface area contributed by atoms with Crippen LogP contribution in [0.25, 0.3) is 103 Å². The minimum absolute atomic E-state index is 0.914. The molecule has 0 spiro atoms. The SMILES string of the molecule is c1ccc2c(c1)ccc1c2nc2c3sc4c5ccccc5ccc4c3cc(-c3ccc(-c4cccc5c4oc4ccccc45)cc3)n12. The molecule has 11 rings (SSSR count). The molecule has 0 bridgehead atoms. The van der Waals surface area contributed by atoms with E-state index in [1.807, 2.05) is 23.5 Å². The van der Waals surface area contributed by atoms with Crippen molar-refractivity contribution >= 4 is 91.7 Å². The van der Waals surface area contributed by atoms with Crippen LogP contribution in [0.15, 0.2) is 150 Å². The monoisotopic (exact) mass is 616 g/mol. The van der Waals surface area contributed by atoms with Gasteiger partial charge in [0.05, 0.1) is 21.4 Å². The molecule has 11 aromatic rings. The summed E-state index contributed by atoms with van der Waals surface area (Å²) in [6, 6.07) is 52.2. The van der Waals surface area contributed by atoms with E-state index in [2.05, 4.69) is 138 Å². The van der Waals surface area contributed by atoms with Crippen molar-refractivity contribution < 1.29 is 4.42 Å². The Balaban J connectivity index is 1.20. The van der Waals surface area contributed by atoms with Crippen LogP contribution in [0.2, 0.25) is 0 Å². The van der Waals surface area contributed by atoms with E-state index < -0.39 is 0 Å². The first-order valence-corrected chi connectivity index (χ1v) is 16.7. The average Bonchev–Trinajstić information content (AvgIpc) is 3.83. The highest BCUT2D eigenvalue weighted by Crippen LogP contribution is 2.44. The molecule has 0 saturated carbocycles. The largest absolute Gasteiger partial charge is 0.455 e. The quantitative estimate of drug-likeness (QED) is 0.193. The number of benzene rings is 7. The van der Waals surface area contributed by atoms with Gasteiger partial charge >= 0.3 is 0 Å². The molecule has 4 heterocycles. The van der Waals surface area contributed by atoms with Crippen molar-refractivity contribution in [2.24, 2.45) is 0 Å². The van der Waals surface area contributed by atoms with Gasteiger partial charge in [0.15, 0.2) is 5.65 Å². The number of aromatic nitrogens is 2. The van der Waals surface area contributed by atoms with Crippen molar-refractivity contribution in [3.8, 4) is 22.4 Å². The van der Waals surface area contributed by atoms with Gasteiger partial charge in [0.2, 0.25) is 0 Å². The summed E-state index contributed by atoms with van der Waals surface area (Å²) in [4.78, 5) is 5.41. The predicted octanol–water partition coefficient (Wildman–Crippen LogP) is 12.4. The minimum atomic E-state index is 0.914. The van der Waals surface area contributed by atoms with Gasteiger partial charge in [-0.15, -0.1) is 11.3 Å². The van der Waals surface area contributed by atoms with Crippen LogP contribution in [0.1, 0.15) is 0 Å². The van der Waals surface area contributed by atoms with E-state index in [-0.39, 0.29) is 0 Å². The number of imidazole rings is 1. The van der Waals surface area contributed by atoms with Gasteiger partial charge in [0.1, 0.15) is 11.2 Å². The van der Waals surface area contributed by atoms with Crippen molar-refractivity contribution in [2.75, 3.05) is 0 Å². The number of rotatable bonds is 2. The molecule has 218 valence electrons. The van der Waals surface area contributed by atoms with Crippen LogP contribution in [0.3, 0.4) is 0 Å². The van der Waals surface area contributed by atoms with Crippen LogP contribution >= 0.6 is 11.3 Å². The Bertz CT molecular complexity index is 3070. The summed E-state index contributed by atoms with van der Waals surface area (Å²) in [6.07, 6.45) is 0. The molecule has 0 aliphatic rings. The third-order valence-electron chi connectivity index (χ3n) is 9.79. The minimum Gasteiger partial charge on any atom is -0.455 e. The number of furan rings is 1. The summed E-state index contributed by atoms with van der Waals surface area (Å²) in [7, 11) is 0. The van der Waals surface area contributed by atoms with Crippen LogP contribution in [0.4, 0.5) is 0 Å². The first-order chi connectivity index (χ1) is 23.3. The van der Waals surface area contributed by atoms with Gasteiger partial charge in [-0.1, -0.05) is 127 Å². The lowest BCUT2D eigenvalue weighted by molar-refractivity contribution is 0.670. The van der Waals surface area contributed by atoms with Gasteiger partial charge < -0.3 is 4.42 Å². The van der Waals surface area contributed by atoms with Gasteiger partial charge in [-0.3, -0.25) is 4.40 Å². The summed E-state index contributed by atoms with van der Waals surface area (Å²) in [5.41, 5.74) is 9.50. The maximum atomic E-state index is 6.38. The molecule has 7 aromatic carbocycles. The summed E-state index contributed by atoms with van der Waals surface area (Å²) in [5, 5.41) is 9.73. The molecule has 0 atom stereocenters. The molecule has 0 unspecified atom stereocenters. The molecule has 0 saturated heterocycles. The number of nitrogens with zero attached hydrogens (tertiary/aromatic N) is 2. The molecule has 4 aromatic heterocycles. The normalized spacial score (nSPS) is 12.3. The summed E-state index contributed by atoms with van der Waals surface area (Å²) < 4.78 is 11.3. The average molecular weight is 617 g/mol. The maximum Gasteiger partial charge on any atom is 0.156 e. The van der Waals surface area contributed by atoms with Crippen LogP contribution in [-0.4, -0.2) is 9.38 Å². The van der Waals surface area contributed by atoms with Crippen LogP contribution in [0, 0.1) is 0 Å². The van der Waals surface area contributed by atoms with Gasteiger partial charge in [-0.2, -0.15) is 0 Å². The smallest absolute Gasteiger partial charge is 0.156 e. The van der Waals surface area contributed by atoms with Gasteiger partial charge in [0.25, 0.3) is 0 Å². The van der Waals surface area contributed by atoms with Crippen LogP contribution in [0.5, 0.6) is 0 Å². The Morgan fingerprint density at radius 3 is 2.09 bits per heavy atom. The van der Waals surface area contributed by atoms with Crippen LogP contribution in [-0.2, 0) is 0 Å². The van der Waals surface area contributed by atoms with Crippen molar-refractivity contribution in [1.29, 1.82) is 0 Å². The first kappa shape index (κ1) is 25.2. The molecule has 0 amide bonds. The second kappa shape index (κ2) is 9.29. The van der Waals surface area contributed by atoms with E-state index in [0.29, 0.717) is 0 Å². The molecular formula is C43H24N2OS. The number of pyridine rings is 1. The lowest BCUT2D eigenvalue weighted by atomic mass is 9.99. The highest BCUT2D eigenvalue weighted by atomic mass is 32.1. The number of para-hydroxylation sites is 2. The standard InChI is InChI=1S/C43H24N2OS/c1-3-10-29-25(8-1)21-23-36-39(29)44-43-42-35(34-22-20-26-9-2-4-11-31(26)41(34)47-42)24-37(45(36)43)28-18-16-27(17-19-28)30-13-7-14-33-32-12-5-6-15-38(32)46-40(30)33/h1-24H. The topological polar surface area (TPSA) is 30.4 Å². The van der Waals surface area contributed by atoms with Crippen molar-refractivity contribution in [3.05, 3.63) is 146 Å². The highest BCUT2D eigenvalue weighted by Gasteiger charge is 2.20. The van der Waals surface area contributed by atoms with Crippen molar-refractivity contribution in [3.63, 3.8) is 0 Å². The van der Waals surface area contributed by atoms with E-state index in [1.165, 1.54) is 41.7 Å². The van der Waals surface area contributed by atoms with Gasteiger partial charge in [-0.05, 0) is 45.5 Å². The zero-order valence-electron chi connectivity index (χ0n) is 25.1. The lowest BCUT2D eigenvalue weighted by Gasteiger charge is -2.10. The zero-order chi connectivity index (χ0) is 30.6. The Kier molecular flexibility index (Phi) is 4.99. The fourth-order valence-corrected chi connectivity index (χ4v) is 8.87. The number of fused-ring (bicyclic) bond motifs is 14. The second-order valence-electron chi connectivity index (χ2n) is 12.3. The maximum absolute atomic E-state index is 6.38. The number of thiophene rings is 1. The van der Waals surface area contributed by atoms with E-state index in [0.717, 1.165) is 61.0 Å². The molecule has 3 nitrogen and oxygen atoms in total. The summed E-state index contributed by atoms with van der Waals surface area (Å²) in [5.74, 6) is 0. The summed E-state index contributed by atoms with van der Waals surface area (Å²) >= 11 is 1.85. The van der Waals surface area contributed by atoms with E-state index in [9.17, 15) is 0 Å². The summed E-state index contributed by atoms with van der Waals surface area (Å²) in [6.45, 7) is 0. The third-order valence-corrected chi connectivity index (χ3v) is 11.0. The van der Waals surface area contributed by atoms with Crippen molar-refractivity contribution in [2.45, 2.75) is 0 Å². The fraction of sp³-hybridized carbons (Fsp3) is 0. The first-order valence-electron chi connectivity index (χ1n) is 15.9. The third kappa shape index (κ3) is 3.48. The molecule has 0 aliphatic carbocycles. The van der Waals surface area contributed by atoms with E-state index in [4.69, 9.17) is 9.40 Å². The fourth-order valence-electron chi connectivity index (χ4n) is 7.57. The molecule has 47 heavy (non-hydrogen) atoms. The zero-order valence-corrected chi connectivity index (χ0v) is 25.9. The molecule has 0 N–H and O–H groups in total. The molecule has 4 heteroatoms. The Morgan fingerprint density at radius 1 is 0.511 bits per heavy atom. The Labute approximate surface area is 272 Å². The molecule has 0 radical (unpaired) electrons. The number of hydrogen-bond acceptors (Lipinski definition) is 3. The van der Waals surface area contributed by atoms with E-state index in [1.54, 1.807) is 0 Å². The highest BCUT2D eigenvalue weighted by molar-refractivity contribution is 7.27. The Hall–Kier alpha value is -5.97. The molecule has 0 aliphatic heterocycles. The Morgan fingerprint density at radius 2 is 1.21 bits per heavy atom. The van der Waals surface area contributed by atoms with Crippen LogP contribution < -0.4 is 0 Å². The molecular weight excluding hydrogens is 593 g/mol. The van der Waals surface area contributed by atoms with Gasteiger partial charge in [-0.25, -0.2) is 4.98 Å². The second-order valence-corrected chi connectivity index (χ2v) is 13.3. The van der Waals surface area contributed by atoms with E-state index >= 15 is 0 Å².